The van der Waals surface area contributed by atoms with Gasteiger partial charge < -0.3 is 10.6 Å². The van der Waals surface area contributed by atoms with E-state index in [1.807, 2.05) is 30.0 Å². The topological polar surface area (TPSA) is 67.1 Å². The smallest absolute Gasteiger partial charge is 0.191 e. The van der Waals surface area contributed by atoms with Crippen molar-refractivity contribution in [2.24, 2.45) is 10.9 Å². The monoisotopic (exact) mass is 298 g/mol. The lowest BCUT2D eigenvalue weighted by molar-refractivity contribution is 0.762. The molecule has 1 saturated carbocycles. The fourth-order valence-electron chi connectivity index (χ4n) is 2.36. The first-order chi connectivity index (χ1) is 10.7. The lowest BCUT2D eigenvalue weighted by Crippen LogP contribution is -2.38. The number of imidazole rings is 1. The molecular weight excluding hydrogens is 276 g/mol. The summed E-state index contributed by atoms with van der Waals surface area (Å²) in [6, 6.07) is 4.64. The lowest BCUT2D eigenvalue weighted by Gasteiger charge is -2.12. The molecule has 6 nitrogen and oxygen atoms in total. The molecule has 2 heterocycles. The van der Waals surface area contributed by atoms with Crippen molar-refractivity contribution in [2.45, 2.75) is 32.9 Å². The number of aryl methyl sites for hydroxylation is 1. The summed E-state index contributed by atoms with van der Waals surface area (Å²) < 4.78 is 1.96. The summed E-state index contributed by atoms with van der Waals surface area (Å²) in [6.07, 6.45) is 6.80. The van der Waals surface area contributed by atoms with Crippen molar-refractivity contribution >= 4 is 5.96 Å². The molecule has 0 spiro atoms. The van der Waals surface area contributed by atoms with Crippen molar-refractivity contribution in [1.29, 1.82) is 0 Å². The Morgan fingerprint density at radius 1 is 1.41 bits per heavy atom. The van der Waals surface area contributed by atoms with Crippen molar-refractivity contribution in [2.75, 3.05) is 7.05 Å². The standard InChI is InChI=1S/C16H22N6/c1-11-8-14(11)21-16(17-3)20-10-13-4-5-15(19-9-13)22-7-6-18-12(22)2/h4-7,9,11,14H,8,10H2,1-3H3,(H2,17,20,21). The van der Waals surface area contributed by atoms with Crippen LogP contribution >= 0.6 is 0 Å². The van der Waals surface area contributed by atoms with E-state index in [1.54, 1.807) is 13.2 Å². The fraction of sp³-hybridized carbons (Fsp3) is 0.438. The number of aliphatic imine (C=N–C) groups is 1. The Hall–Kier alpha value is -2.37. The molecule has 1 aliphatic carbocycles. The van der Waals surface area contributed by atoms with Gasteiger partial charge in [0.15, 0.2) is 5.96 Å². The third-order valence-corrected chi connectivity index (χ3v) is 4.00. The Morgan fingerprint density at radius 3 is 2.77 bits per heavy atom. The van der Waals surface area contributed by atoms with Crippen molar-refractivity contribution in [3.63, 3.8) is 0 Å². The zero-order valence-corrected chi connectivity index (χ0v) is 13.2. The molecule has 2 aromatic rings. The van der Waals surface area contributed by atoms with Gasteiger partial charge >= 0.3 is 0 Å². The summed E-state index contributed by atoms with van der Waals surface area (Å²) >= 11 is 0. The lowest BCUT2D eigenvalue weighted by atomic mass is 10.3. The van der Waals surface area contributed by atoms with Crippen LogP contribution in [0.25, 0.3) is 5.82 Å². The SMILES string of the molecule is CN=C(NCc1ccc(-n2ccnc2C)nc1)NC1CC1C. The summed E-state index contributed by atoms with van der Waals surface area (Å²) in [4.78, 5) is 13.0. The minimum atomic E-state index is 0.566. The molecule has 1 aliphatic rings. The minimum Gasteiger partial charge on any atom is -0.353 e. The molecule has 0 radical (unpaired) electrons. The summed E-state index contributed by atoms with van der Waals surface area (Å²) in [6.45, 7) is 4.91. The van der Waals surface area contributed by atoms with Gasteiger partial charge in [0.25, 0.3) is 0 Å². The van der Waals surface area contributed by atoms with Crippen molar-refractivity contribution in [3.05, 3.63) is 42.1 Å². The second-order valence-corrected chi connectivity index (χ2v) is 5.76. The van der Waals surface area contributed by atoms with Crippen molar-refractivity contribution < 1.29 is 0 Å². The van der Waals surface area contributed by atoms with Gasteiger partial charge in [0.05, 0.1) is 0 Å². The maximum Gasteiger partial charge on any atom is 0.191 e. The Morgan fingerprint density at radius 2 is 2.23 bits per heavy atom. The third kappa shape index (κ3) is 3.27. The fourth-order valence-corrected chi connectivity index (χ4v) is 2.36. The zero-order chi connectivity index (χ0) is 15.5. The molecule has 2 aromatic heterocycles. The van der Waals surface area contributed by atoms with Crippen molar-refractivity contribution in [1.82, 2.24) is 25.2 Å². The molecule has 0 bridgehead atoms. The van der Waals surface area contributed by atoms with Crippen LogP contribution in [0.2, 0.25) is 0 Å². The summed E-state index contributed by atoms with van der Waals surface area (Å²) in [7, 11) is 1.80. The van der Waals surface area contributed by atoms with Crippen LogP contribution in [-0.4, -0.2) is 33.6 Å². The molecule has 3 rings (SSSR count). The number of hydrogen-bond acceptors (Lipinski definition) is 3. The van der Waals surface area contributed by atoms with Gasteiger partial charge in [-0.25, -0.2) is 9.97 Å². The molecule has 0 aromatic carbocycles. The van der Waals surface area contributed by atoms with E-state index in [0.717, 1.165) is 29.1 Å². The molecule has 0 saturated heterocycles. The quantitative estimate of drug-likeness (QED) is 0.665. The van der Waals surface area contributed by atoms with E-state index >= 15 is 0 Å². The molecule has 1 fully saturated rings. The highest BCUT2D eigenvalue weighted by molar-refractivity contribution is 5.80. The van der Waals surface area contributed by atoms with Gasteiger partial charge in [0.1, 0.15) is 11.6 Å². The molecule has 0 aliphatic heterocycles. The van der Waals surface area contributed by atoms with Gasteiger partial charge in [-0.2, -0.15) is 0 Å². The van der Waals surface area contributed by atoms with Crippen LogP contribution in [0.1, 0.15) is 24.7 Å². The highest BCUT2D eigenvalue weighted by Crippen LogP contribution is 2.28. The number of nitrogens with zero attached hydrogens (tertiary/aromatic N) is 4. The summed E-state index contributed by atoms with van der Waals surface area (Å²) in [5.41, 5.74) is 1.12. The number of hydrogen-bond donors (Lipinski definition) is 2. The summed E-state index contributed by atoms with van der Waals surface area (Å²) in [5, 5.41) is 6.73. The molecular formula is C16H22N6. The van der Waals surface area contributed by atoms with Crippen LogP contribution in [0.5, 0.6) is 0 Å². The van der Waals surface area contributed by atoms with Gasteiger partial charge in [0, 0.05) is 38.2 Å². The average Bonchev–Trinajstić information content (AvgIpc) is 3.05. The second-order valence-electron chi connectivity index (χ2n) is 5.76. The third-order valence-electron chi connectivity index (χ3n) is 4.00. The van der Waals surface area contributed by atoms with Crippen LogP contribution in [-0.2, 0) is 6.54 Å². The van der Waals surface area contributed by atoms with Gasteiger partial charge in [-0.15, -0.1) is 0 Å². The molecule has 2 N–H and O–H groups in total. The second kappa shape index (κ2) is 6.17. The van der Waals surface area contributed by atoms with E-state index in [0.29, 0.717) is 12.6 Å². The average molecular weight is 298 g/mol. The minimum absolute atomic E-state index is 0.566. The zero-order valence-electron chi connectivity index (χ0n) is 13.2. The number of nitrogens with one attached hydrogen (secondary N) is 2. The molecule has 116 valence electrons. The van der Waals surface area contributed by atoms with E-state index in [-0.39, 0.29) is 0 Å². The van der Waals surface area contributed by atoms with Crippen LogP contribution < -0.4 is 10.6 Å². The van der Waals surface area contributed by atoms with E-state index < -0.39 is 0 Å². The van der Waals surface area contributed by atoms with Crippen LogP contribution in [0, 0.1) is 12.8 Å². The maximum absolute atomic E-state index is 4.49. The highest BCUT2D eigenvalue weighted by Gasteiger charge is 2.33. The predicted molar refractivity (Wildman–Crippen MR) is 87.0 cm³/mol. The first kappa shape index (κ1) is 14.6. The molecule has 2 unspecified atom stereocenters. The molecule has 22 heavy (non-hydrogen) atoms. The van der Waals surface area contributed by atoms with Gasteiger partial charge in [-0.3, -0.25) is 9.56 Å². The van der Waals surface area contributed by atoms with E-state index in [1.165, 1.54) is 6.42 Å². The number of aromatic nitrogens is 3. The molecule has 6 heteroatoms. The van der Waals surface area contributed by atoms with Gasteiger partial charge in [0.2, 0.25) is 0 Å². The Bertz CT molecular complexity index is 658. The van der Waals surface area contributed by atoms with E-state index in [2.05, 4.69) is 38.6 Å². The Balaban J connectivity index is 1.58. The first-order valence-electron chi connectivity index (χ1n) is 7.60. The van der Waals surface area contributed by atoms with Gasteiger partial charge in [-0.05, 0) is 30.9 Å². The van der Waals surface area contributed by atoms with E-state index in [4.69, 9.17) is 0 Å². The first-order valence-corrected chi connectivity index (χ1v) is 7.60. The van der Waals surface area contributed by atoms with Crippen LogP contribution in [0.4, 0.5) is 0 Å². The normalized spacial score (nSPS) is 20.8. The largest absolute Gasteiger partial charge is 0.353 e. The Kier molecular flexibility index (Phi) is 4.09. The van der Waals surface area contributed by atoms with Gasteiger partial charge in [-0.1, -0.05) is 13.0 Å². The number of pyridine rings is 1. The Labute approximate surface area is 130 Å². The van der Waals surface area contributed by atoms with Crippen LogP contribution in [0.15, 0.2) is 35.7 Å². The van der Waals surface area contributed by atoms with Crippen LogP contribution in [0.3, 0.4) is 0 Å². The summed E-state index contributed by atoms with van der Waals surface area (Å²) in [5.74, 6) is 3.41. The van der Waals surface area contributed by atoms with Crippen molar-refractivity contribution in [3.8, 4) is 5.82 Å². The molecule has 0 amide bonds. The number of rotatable bonds is 4. The number of guanidine groups is 1. The van der Waals surface area contributed by atoms with E-state index in [9.17, 15) is 0 Å². The predicted octanol–water partition coefficient (Wildman–Crippen LogP) is 1.65. The maximum atomic E-state index is 4.49. The molecule has 2 atom stereocenters. The highest BCUT2D eigenvalue weighted by atomic mass is 15.2.